The maximum Gasteiger partial charge on any atom is 0.331 e. The van der Waals surface area contributed by atoms with Crippen molar-refractivity contribution in [3.63, 3.8) is 0 Å². The molecule has 0 amide bonds. The molecule has 1 aliphatic rings. The molecule has 0 aromatic heterocycles. The minimum atomic E-state index is -0.824. The second-order valence-electron chi connectivity index (χ2n) is 1.54. The number of hydrogen-bond donors (Lipinski definition) is 1. The van der Waals surface area contributed by atoms with Gasteiger partial charge in [-0.05, 0) is 0 Å². The van der Waals surface area contributed by atoms with E-state index in [1.165, 1.54) is 0 Å². The van der Waals surface area contributed by atoms with Gasteiger partial charge in [-0.1, -0.05) is 0 Å². The van der Waals surface area contributed by atoms with Crippen molar-refractivity contribution in [2.75, 3.05) is 6.54 Å². The average molecular weight is 118 g/mol. The quantitative estimate of drug-likeness (QED) is 0.373. The normalized spacial score (nSPS) is 28.2. The zero-order chi connectivity index (χ0) is 5.98. The summed E-state index contributed by atoms with van der Waals surface area (Å²) in [6.45, 7) is 0.575. The Morgan fingerprint density at radius 3 is 2.88 bits per heavy atom. The molecule has 1 fully saturated rings. The van der Waals surface area contributed by atoms with Crippen LogP contribution in [0, 0.1) is 10.1 Å². The van der Waals surface area contributed by atoms with E-state index in [1.807, 2.05) is 0 Å². The first-order valence-corrected chi connectivity index (χ1v) is 2.32. The van der Waals surface area contributed by atoms with Crippen LogP contribution < -0.4 is 5.48 Å². The van der Waals surface area contributed by atoms with Crippen molar-refractivity contribution in [2.24, 2.45) is 0 Å². The van der Waals surface area contributed by atoms with Crippen LogP contribution in [0.4, 0.5) is 0 Å². The molecule has 1 aliphatic heterocycles. The van der Waals surface area contributed by atoms with E-state index in [4.69, 9.17) is 0 Å². The third kappa shape index (κ3) is 0.932. The van der Waals surface area contributed by atoms with Gasteiger partial charge in [-0.2, -0.15) is 5.48 Å². The predicted octanol–water partition coefficient (Wildman–Crippen LogP) is -0.486. The SMILES string of the molecule is O=[N+]([O-])C1CCNO1. The fourth-order valence-electron chi connectivity index (χ4n) is 0.545. The van der Waals surface area contributed by atoms with Crippen molar-refractivity contribution in [2.45, 2.75) is 12.6 Å². The Morgan fingerprint density at radius 1 is 1.88 bits per heavy atom. The Balaban J connectivity index is 2.35. The van der Waals surface area contributed by atoms with Crippen LogP contribution in [-0.2, 0) is 4.84 Å². The third-order valence-corrected chi connectivity index (χ3v) is 0.948. The second kappa shape index (κ2) is 2.06. The molecule has 1 unspecified atom stereocenters. The smallest absolute Gasteiger partial charge is 0.262 e. The Morgan fingerprint density at radius 2 is 2.62 bits per heavy atom. The van der Waals surface area contributed by atoms with Crippen LogP contribution in [0.15, 0.2) is 0 Å². The van der Waals surface area contributed by atoms with Crippen molar-refractivity contribution in [1.82, 2.24) is 5.48 Å². The summed E-state index contributed by atoms with van der Waals surface area (Å²) in [5, 5.41) is 9.84. The van der Waals surface area contributed by atoms with E-state index in [9.17, 15) is 10.1 Å². The van der Waals surface area contributed by atoms with Gasteiger partial charge in [0.05, 0.1) is 11.3 Å². The van der Waals surface area contributed by atoms with Crippen LogP contribution in [0.25, 0.3) is 0 Å². The number of nitrogens with zero attached hydrogens (tertiary/aromatic N) is 1. The molecule has 0 aliphatic carbocycles. The minimum Gasteiger partial charge on any atom is -0.262 e. The van der Waals surface area contributed by atoms with Gasteiger partial charge in [-0.3, -0.25) is 10.1 Å². The predicted molar refractivity (Wildman–Crippen MR) is 24.5 cm³/mol. The van der Waals surface area contributed by atoms with E-state index in [0.717, 1.165) is 0 Å². The fourth-order valence-corrected chi connectivity index (χ4v) is 0.545. The molecule has 46 valence electrons. The number of hydrogen-bond acceptors (Lipinski definition) is 4. The van der Waals surface area contributed by atoms with Crippen molar-refractivity contribution < 1.29 is 9.76 Å². The molecular formula is C3H6N2O3. The van der Waals surface area contributed by atoms with Crippen molar-refractivity contribution >= 4 is 0 Å². The minimum absolute atomic E-state index is 0.444. The Kier molecular flexibility index (Phi) is 1.40. The number of rotatable bonds is 1. The van der Waals surface area contributed by atoms with Gasteiger partial charge in [-0.25, -0.2) is 4.84 Å². The molecule has 0 spiro atoms. The van der Waals surface area contributed by atoms with Crippen LogP contribution in [0.3, 0.4) is 0 Å². The molecule has 1 heterocycles. The van der Waals surface area contributed by atoms with E-state index >= 15 is 0 Å². The molecular weight excluding hydrogens is 112 g/mol. The van der Waals surface area contributed by atoms with Crippen LogP contribution in [0.5, 0.6) is 0 Å². The molecule has 0 aromatic rings. The first-order valence-electron chi connectivity index (χ1n) is 2.32. The van der Waals surface area contributed by atoms with Gasteiger partial charge in [0.25, 0.3) is 0 Å². The average Bonchev–Trinajstić information content (AvgIpc) is 2.12. The molecule has 0 saturated carbocycles. The lowest BCUT2D eigenvalue weighted by atomic mass is 10.4. The van der Waals surface area contributed by atoms with Gasteiger partial charge in [-0.15, -0.1) is 0 Å². The Labute approximate surface area is 45.7 Å². The first-order chi connectivity index (χ1) is 3.80. The summed E-state index contributed by atoms with van der Waals surface area (Å²) in [4.78, 5) is 13.9. The van der Waals surface area contributed by atoms with Gasteiger partial charge < -0.3 is 0 Å². The standard InChI is InChI=1S/C3H6N2O3/c6-5(7)3-1-2-4-8-3/h3-4H,1-2H2. The number of nitro groups is 1. The molecule has 0 aromatic carbocycles. The summed E-state index contributed by atoms with van der Waals surface area (Å²) >= 11 is 0. The van der Waals surface area contributed by atoms with Gasteiger partial charge in [0, 0.05) is 6.54 Å². The topological polar surface area (TPSA) is 64.4 Å². The zero-order valence-corrected chi connectivity index (χ0v) is 4.16. The van der Waals surface area contributed by atoms with Crippen molar-refractivity contribution in [3.05, 3.63) is 10.1 Å². The van der Waals surface area contributed by atoms with Crippen molar-refractivity contribution in [1.29, 1.82) is 0 Å². The molecule has 0 radical (unpaired) electrons. The Bertz CT molecular complexity index is 98.7. The van der Waals surface area contributed by atoms with Gasteiger partial charge >= 0.3 is 6.23 Å². The third-order valence-electron chi connectivity index (χ3n) is 0.948. The van der Waals surface area contributed by atoms with Gasteiger partial charge in [0.2, 0.25) is 0 Å². The van der Waals surface area contributed by atoms with E-state index in [-0.39, 0.29) is 0 Å². The summed E-state index contributed by atoms with van der Waals surface area (Å²) in [6.07, 6.45) is -0.359. The Hall–Kier alpha value is -0.680. The van der Waals surface area contributed by atoms with Gasteiger partial charge in [0.1, 0.15) is 0 Å². The monoisotopic (exact) mass is 118 g/mol. The number of hydroxylamine groups is 1. The molecule has 5 nitrogen and oxygen atoms in total. The highest BCUT2D eigenvalue weighted by Crippen LogP contribution is 2.01. The van der Waals surface area contributed by atoms with E-state index in [1.54, 1.807) is 0 Å². The summed E-state index contributed by atoms with van der Waals surface area (Å²) < 4.78 is 0. The maximum atomic E-state index is 9.84. The molecule has 1 atom stereocenters. The van der Waals surface area contributed by atoms with E-state index in [2.05, 4.69) is 10.3 Å². The zero-order valence-electron chi connectivity index (χ0n) is 4.16. The van der Waals surface area contributed by atoms with E-state index < -0.39 is 11.2 Å². The summed E-state index contributed by atoms with van der Waals surface area (Å²) in [7, 11) is 0. The van der Waals surface area contributed by atoms with Crippen LogP contribution in [0.2, 0.25) is 0 Å². The van der Waals surface area contributed by atoms with E-state index in [0.29, 0.717) is 13.0 Å². The maximum absolute atomic E-state index is 9.84. The highest BCUT2D eigenvalue weighted by molar-refractivity contribution is 4.49. The highest BCUT2D eigenvalue weighted by atomic mass is 16.7. The largest absolute Gasteiger partial charge is 0.331 e. The summed E-state index contributed by atoms with van der Waals surface area (Å²) in [6, 6.07) is 0. The highest BCUT2D eigenvalue weighted by Gasteiger charge is 2.25. The molecule has 1 rings (SSSR count). The molecule has 5 heteroatoms. The molecule has 0 bridgehead atoms. The fraction of sp³-hybridized carbons (Fsp3) is 1.00. The summed E-state index contributed by atoms with van der Waals surface area (Å²) in [5.41, 5.74) is 2.41. The molecule has 8 heavy (non-hydrogen) atoms. The van der Waals surface area contributed by atoms with Crippen LogP contribution >= 0.6 is 0 Å². The van der Waals surface area contributed by atoms with Crippen LogP contribution in [0.1, 0.15) is 6.42 Å². The van der Waals surface area contributed by atoms with Gasteiger partial charge in [0.15, 0.2) is 0 Å². The summed E-state index contributed by atoms with van der Waals surface area (Å²) in [5.74, 6) is 0. The van der Waals surface area contributed by atoms with Crippen molar-refractivity contribution in [3.8, 4) is 0 Å². The number of nitrogens with one attached hydrogen (secondary N) is 1. The van der Waals surface area contributed by atoms with Crippen LogP contribution in [-0.4, -0.2) is 17.7 Å². The first kappa shape index (κ1) is 5.46. The molecule has 1 saturated heterocycles. The second-order valence-corrected chi connectivity index (χ2v) is 1.54. The lowest BCUT2D eigenvalue weighted by Crippen LogP contribution is -2.18. The lowest BCUT2D eigenvalue weighted by Gasteiger charge is -1.94. The molecule has 1 N–H and O–H groups in total. The lowest BCUT2D eigenvalue weighted by molar-refractivity contribution is -0.573.